The zero-order valence-corrected chi connectivity index (χ0v) is 10.9. The van der Waals surface area contributed by atoms with E-state index in [1.54, 1.807) is 0 Å². The predicted molar refractivity (Wildman–Crippen MR) is 65.6 cm³/mol. The number of esters is 1. The summed E-state index contributed by atoms with van der Waals surface area (Å²) in [5, 5.41) is 0. The molecule has 1 saturated carbocycles. The molecule has 1 aliphatic carbocycles. The number of carbonyl (C=O) groups is 1. The van der Waals surface area contributed by atoms with Gasteiger partial charge in [-0.2, -0.15) is 4.39 Å². The van der Waals surface area contributed by atoms with Gasteiger partial charge in [0.05, 0.1) is 0 Å². The van der Waals surface area contributed by atoms with Crippen LogP contribution in [0.4, 0.5) is 8.78 Å². The second-order valence-corrected chi connectivity index (χ2v) is 4.86. The number of ether oxygens (including phenoxy) is 1. The van der Waals surface area contributed by atoms with Crippen molar-refractivity contribution in [2.45, 2.75) is 45.1 Å². The second kappa shape index (κ2) is 6.08. The minimum Gasteiger partial charge on any atom is -0.458 e. The van der Waals surface area contributed by atoms with Crippen molar-refractivity contribution in [2.75, 3.05) is 0 Å². The van der Waals surface area contributed by atoms with Crippen molar-refractivity contribution in [2.24, 2.45) is 5.92 Å². The van der Waals surface area contributed by atoms with Gasteiger partial charge in [-0.15, -0.1) is 0 Å². The standard InChI is InChI=1S/C14H17F2NO2/c1-2-9-5-3-4-6-11(9)19-14(18)10-7-8-17-13(16)12(10)15/h7-9,11H,2-6H2,1H3. The summed E-state index contributed by atoms with van der Waals surface area (Å²) in [7, 11) is 0. The number of halogens is 2. The Balaban J connectivity index is 2.09. The zero-order valence-electron chi connectivity index (χ0n) is 10.9. The molecule has 104 valence electrons. The summed E-state index contributed by atoms with van der Waals surface area (Å²) in [5.41, 5.74) is -0.382. The molecule has 0 radical (unpaired) electrons. The molecule has 1 fully saturated rings. The van der Waals surface area contributed by atoms with Gasteiger partial charge in [-0.25, -0.2) is 14.2 Å². The summed E-state index contributed by atoms with van der Waals surface area (Å²) < 4.78 is 31.8. The number of carbonyl (C=O) groups excluding carboxylic acids is 1. The minimum absolute atomic E-state index is 0.193. The molecule has 2 unspecified atom stereocenters. The van der Waals surface area contributed by atoms with Crippen LogP contribution in [0.5, 0.6) is 0 Å². The van der Waals surface area contributed by atoms with Crippen molar-refractivity contribution in [3.05, 3.63) is 29.6 Å². The molecular formula is C14H17F2NO2. The molecule has 2 rings (SSSR count). The Morgan fingerprint density at radius 3 is 2.89 bits per heavy atom. The fraction of sp³-hybridized carbons (Fsp3) is 0.571. The Morgan fingerprint density at radius 1 is 1.42 bits per heavy atom. The first-order valence-electron chi connectivity index (χ1n) is 6.64. The SMILES string of the molecule is CCC1CCCCC1OC(=O)c1ccnc(F)c1F. The van der Waals surface area contributed by atoms with Crippen molar-refractivity contribution in [3.63, 3.8) is 0 Å². The van der Waals surface area contributed by atoms with E-state index >= 15 is 0 Å². The van der Waals surface area contributed by atoms with Crippen LogP contribution in [0.1, 0.15) is 49.4 Å². The highest BCUT2D eigenvalue weighted by atomic mass is 19.2. The Kier molecular flexibility index (Phi) is 4.45. The summed E-state index contributed by atoms with van der Waals surface area (Å²) >= 11 is 0. The average Bonchev–Trinajstić information content (AvgIpc) is 2.42. The van der Waals surface area contributed by atoms with Crippen molar-refractivity contribution >= 4 is 5.97 Å². The first-order valence-corrected chi connectivity index (χ1v) is 6.64. The highest BCUT2D eigenvalue weighted by molar-refractivity contribution is 5.89. The van der Waals surface area contributed by atoms with E-state index in [1.807, 2.05) is 6.92 Å². The van der Waals surface area contributed by atoms with Crippen molar-refractivity contribution in [3.8, 4) is 0 Å². The van der Waals surface area contributed by atoms with E-state index in [1.165, 1.54) is 0 Å². The Morgan fingerprint density at radius 2 is 2.16 bits per heavy atom. The molecule has 0 aromatic carbocycles. The lowest BCUT2D eigenvalue weighted by Gasteiger charge is -2.30. The third-order valence-electron chi connectivity index (χ3n) is 3.69. The molecule has 1 heterocycles. The van der Waals surface area contributed by atoms with Crippen molar-refractivity contribution in [1.29, 1.82) is 0 Å². The first-order chi connectivity index (χ1) is 9.13. The third-order valence-corrected chi connectivity index (χ3v) is 3.69. The van der Waals surface area contributed by atoms with E-state index in [9.17, 15) is 13.6 Å². The Labute approximate surface area is 111 Å². The van der Waals surface area contributed by atoms with Gasteiger partial charge in [0, 0.05) is 6.20 Å². The molecule has 0 aliphatic heterocycles. The number of hydrogen-bond donors (Lipinski definition) is 0. The van der Waals surface area contributed by atoms with Gasteiger partial charge in [-0.3, -0.25) is 0 Å². The maximum atomic E-state index is 13.4. The first kappa shape index (κ1) is 13.9. The predicted octanol–water partition coefficient (Wildman–Crippen LogP) is 3.49. The molecular weight excluding hydrogens is 252 g/mol. The van der Waals surface area contributed by atoms with E-state index in [2.05, 4.69) is 4.98 Å². The van der Waals surface area contributed by atoms with E-state index in [-0.39, 0.29) is 11.7 Å². The summed E-state index contributed by atoms with van der Waals surface area (Å²) in [4.78, 5) is 15.0. The van der Waals surface area contributed by atoms with Gasteiger partial charge in [0.2, 0.25) is 5.95 Å². The maximum absolute atomic E-state index is 13.4. The summed E-state index contributed by atoms with van der Waals surface area (Å²) in [6.45, 7) is 2.05. The molecule has 2 atom stereocenters. The van der Waals surface area contributed by atoms with E-state index in [0.717, 1.165) is 44.4 Å². The normalized spacial score (nSPS) is 23.1. The molecule has 19 heavy (non-hydrogen) atoms. The Bertz CT molecular complexity index is 465. The maximum Gasteiger partial charge on any atom is 0.341 e. The van der Waals surface area contributed by atoms with E-state index < -0.39 is 17.7 Å². The third kappa shape index (κ3) is 3.08. The summed E-state index contributed by atoms with van der Waals surface area (Å²) in [5.74, 6) is -3.00. The largest absolute Gasteiger partial charge is 0.458 e. The number of rotatable bonds is 3. The van der Waals surface area contributed by atoms with Crippen LogP contribution in [0.25, 0.3) is 0 Å². The minimum atomic E-state index is -1.27. The number of nitrogens with zero attached hydrogens (tertiary/aromatic N) is 1. The van der Waals surface area contributed by atoms with Gasteiger partial charge in [0.15, 0.2) is 5.82 Å². The molecule has 5 heteroatoms. The lowest BCUT2D eigenvalue weighted by molar-refractivity contribution is 0.000152. The monoisotopic (exact) mass is 269 g/mol. The quantitative estimate of drug-likeness (QED) is 0.623. The van der Waals surface area contributed by atoms with Crippen LogP contribution in [0.15, 0.2) is 12.3 Å². The van der Waals surface area contributed by atoms with Crippen LogP contribution in [0.3, 0.4) is 0 Å². The molecule has 0 saturated heterocycles. The molecule has 1 aromatic heterocycles. The fourth-order valence-electron chi connectivity index (χ4n) is 2.57. The van der Waals surface area contributed by atoms with Gasteiger partial charge < -0.3 is 4.74 Å². The second-order valence-electron chi connectivity index (χ2n) is 4.86. The topological polar surface area (TPSA) is 39.2 Å². The van der Waals surface area contributed by atoms with Gasteiger partial charge in [-0.05, 0) is 37.7 Å². The number of hydrogen-bond acceptors (Lipinski definition) is 3. The van der Waals surface area contributed by atoms with Crippen LogP contribution in [-0.2, 0) is 4.74 Å². The number of pyridine rings is 1. The lowest BCUT2D eigenvalue weighted by atomic mass is 9.85. The molecule has 0 bridgehead atoms. The molecule has 1 aliphatic rings. The van der Waals surface area contributed by atoms with Gasteiger partial charge in [0.25, 0.3) is 0 Å². The molecule has 3 nitrogen and oxygen atoms in total. The molecule has 0 N–H and O–H groups in total. The van der Waals surface area contributed by atoms with Crippen molar-refractivity contribution in [1.82, 2.24) is 4.98 Å². The average molecular weight is 269 g/mol. The van der Waals surface area contributed by atoms with Gasteiger partial charge in [0.1, 0.15) is 11.7 Å². The highest BCUT2D eigenvalue weighted by Gasteiger charge is 2.28. The fourth-order valence-corrected chi connectivity index (χ4v) is 2.57. The Hall–Kier alpha value is -1.52. The van der Waals surface area contributed by atoms with E-state index in [0.29, 0.717) is 5.92 Å². The molecule has 1 aromatic rings. The van der Waals surface area contributed by atoms with Crippen LogP contribution in [0.2, 0.25) is 0 Å². The van der Waals surface area contributed by atoms with Crippen LogP contribution in [0, 0.1) is 17.7 Å². The van der Waals surface area contributed by atoms with Crippen molar-refractivity contribution < 1.29 is 18.3 Å². The van der Waals surface area contributed by atoms with E-state index in [4.69, 9.17) is 4.74 Å². The lowest BCUT2D eigenvalue weighted by Crippen LogP contribution is -2.30. The smallest absolute Gasteiger partial charge is 0.341 e. The zero-order chi connectivity index (χ0) is 13.8. The van der Waals surface area contributed by atoms with Gasteiger partial charge in [-0.1, -0.05) is 13.3 Å². The van der Waals surface area contributed by atoms with Crippen LogP contribution < -0.4 is 0 Å². The van der Waals surface area contributed by atoms with Gasteiger partial charge >= 0.3 is 5.97 Å². The summed E-state index contributed by atoms with van der Waals surface area (Å²) in [6.07, 6.45) is 5.73. The molecule has 0 spiro atoms. The highest BCUT2D eigenvalue weighted by Crippen LogP contribution is 2.30. The number of aromatic nitrogens is 1. The summed E-state index contributed by atoms with van der Waals surface area (Å²) in [6, 6.07) is 1.14. The van der Waals surface area contributed by atoms with Crippen LogP contribution >= 0.6 is 0 Å². The van der Waals surface area contributed by atoms with Crippen LogP contribution in [-0.4, -0.2) is 17.1 Å². The molecule has 0 amide bonds.